The molecule has 106 valence electrons. The molecule has 1 aromatic rings. The highest BCUT2D eigenvalue weighted by Crippen LogP contribution is 2.22. The molecule has 20 heavy (non-hydrogen) atoms. The lowest BCUT2D eigenvalue weighted by molar-refractivity contribution is -0.384. The number of nitriles is 1. The summed E-state index contributed by atoms with van der Waals surface area (Å²) in [5, 5.41) is 19.7. The molecule has 0 saturated heterocycles. The number of rotatable bonds is 5. The van der Waals surface area contributed by atoms with E-state index >= 15 is 0 Å². The summed E-state index contributed by atoms with van der Waals surface area (Å²) in [6.45, 7) is 4.16. The molecule has 0 bridgehead atoms. The van der Waals surface area contributed by atoms with E-state index < -0.39 is 4.92 Å². The van der Waals surface area contributed by atoms with Crippen LogP contribution in [0.1, 0.15) is 24.2 Å². The van der Waals surface area contributed by atoms with E-state index in [2.05, 4.69) is 0 Å². The maximum atomic E-state index is 12.3. The van der Waals surface area contributed by atoms with Gasteiger partial charge in [-0.2, -0.15) is 5.26 Å². The Morgan fingerprint density at radius 2 is 2.20 bits per heavy atom. The number of halogens is 1. The highest BCUT2D eigenvalue weighted by Gasteiger charge is 2.20. The third kappa shape index (κ3) is 3.93. The van der Waals surface area contributed by atoms with Crippen LogP contribution in [0.25, 0.3) is 0 Å². The van der Waals surface area contributed by atoms with Crippen molar-refractivity contribution in [1.29, 1.82) is 5.26 Å². The molecule has 0 saturated carbocycles. The maximum Gasteiger partial charge on any atom is 0.271 e. The van der Waals surface area contributed by atoms with Crippen LogP contribution in [0.15, 0.2) is 18.2 Å². The van der Waals surface area contributed by atoms with Crippen molar-refractivity contribution in [3.05, 3.63) is 38.9 Å². The van der Waals surface area contributed by atoms with Crippen molar-refractivity contribution >= 4 is 23.2 Å². The van der Waals surface area contributed by atoms with Crippen LogP contribution in [0.4, 0.5) is 5.69 Å². The van der Waals surface area contributed by atoms with Crippen LogP contribution in [0.2, 0.25) is 5.02 Å². The van der Waals surface area contributed by atoms with Gasteiger partial charge >= 0.3 is 0 Å². The molecule has 1 atom stereocenters. The van der Waals surface area contributed by atoms with E-state index in [-0.39, 0.29) is 34.6 Å². The number of carbonyl (C=O) groups excluding carboxylic acids is 1. The predicted molar refractivity (Wildman–Crippen MR) is 74.5 cm³/mol. The summed E-state index contributed by atoms with van der Waals surface area (Å²) in [5.74, 6) is -0.687. The lowest BCUT2D eigenvalue weighted by Gasteiger charge is -2.22. The summed E-state index contributed by atoms with van der Waals surface area (Å²) in [7, 11) is 0. The zero-order valence-corrected chi connectivity index (χ0v) is 11.9. The van der Waals surface area contributed by atoms with Crippen molar-refractivity contribution in [2.75, 3.05) is 13.1 Å². The number of nitrogens with zero attached hydrogens (tertiary/aromatic N) is 3. The van der Waals surface area contributed by atoms with Gasteiger partial charge in [0.25, 0.3) is 11.6 Å². The van der Waals surface area contributed by atoms with Gasteiger partial charge in [-0.05, 0) is 19.9 Å². The summed E-state index contributed by atoms with van der Waals surface area (Å²) in [4.78, 5) is 23.9. The topological polar surface area (TPSA) is 87.2 Å². The molecule has 0 aliphatic carbocycles. The van der Waals surface area contributed by atoms with Crippen molar-refractivity contribution in [2.45, 2.75) is 13.8 Å². The predicted octanol–water partition coefficient (Wildman–Crippen LogP) is 2.87. The summed E-state index contributed by atoms with van der Waals surface area (Å²) in [6, 6.07) is 5.81. The van der Waals surface area contributed by atoms with Crippen LogP contribution in [0, 0.1) is 27.4 Å². The molecule has 0 aromatic heterocycles. The number of nitro benzene ring substituents is 1. The average Bonchev–Trinajstić information content (AvgIpc) is 2.42. The number of benzene rings is 1. The molecule has 1 aromatic carbocycles. The van der Waals surface area contributed by atoms with Crippen LogP contribution in [0.3, 0.4) is 0 Å². The van der Waals surface area contributed by atoms with Gasteiger partial charge in [0.05, 0.1) is 16.9 Å². The van der Waals surface area contributed by atoms with Crippen molar-refractivity contribution in [1.82, 2.24) is 4.90 Å². The van der Waals surface area contributed by atoms with Crippen molar-refractivity contribution in [2.24, 2.45) is 5.92 Å². The van der Waals surface area contributed by atoms with Gasteiger partial charge in [-0.1, -0.05) is 11.6 Å². The lowest BCUT2D eigenvalue weighted by atomic mass is 10.1. The van der Waals surface area contributed by atoms with Crippen molar-refractivity contribution in [3.63, 3.8) is 0 Å². The number of non-ortho nitro benzene ring substituents is 1. The van der Waals surface area contributed by atoms with Crippen LogP contribution in [-0.2, 0) is 0 Å². The second-order valence-electron chi connectivity index (χ2n) is 4.33. The number of hydrogen-bond donors (Lipinski definition) is 0. The first-order valence-corrected chi connectivity index (χ1v) is 6.40. The minimum Gasteiger partial charge on any atom is -0.338 e. The molecule has 0 fully saturated rings. The van der Waals surface area contributed by atoms with Crippen molar-refractivity contribution < 1.29 is 9.72 Å². The van der Waals surface area contributed by atoms with E-state index in [4.69, 9.17) is 16.9 Å². The number of amides is 1. The first-order valence-electron chi connectivity index (χ1n) is 6.02. The minimum absolute atomic E-state index is 0.131. The molecular weight excluding hydrogens is 282 g/mol. The molecule has 0 aliphatic heterocycles. The van der Waals surface area contributed by atoms with E-state index in [9.17, 15) is 14.9 Å². The Morgan fingerprint density at radius 3 is 2.70 bits per heavy atom. The molecule has 1 unspecified atom stereocenters. The lowest BCUT2D eigenvalue weighted by Crippen LogP contribution is -2.34. The monoisotopic (exact) mass is 295 g/mol. The zero-order valence-electron chi connectivity index (χ0n) is 11.2. The van der Waals surface area contributed by atoms with Crippen LogP contribution in [0.5, 0.6) is 0 Å². The van der Waals surface area contributed by atoms with Gasteiger partial charge < -0.3 is 4.90 Å². The third-order valence-corrected chi connectivity index (χ3v) is 2.94. The number of hydrogen-bond acceptors (Lipinski definition) is 4. The molecule has 0 radical (unpaired) electrons. The molecule has 1 rings (SSSR count). The Kier molecular flexibility index (Phi) is 5.47. The standard InChI is InChI=1S/C13H14ClN3O3/c1-3-16(8-9(2)7-15)13(18)10-4-11(14)6-12(5-10)17(19)20/h4-6,9H,3,8H2,1-2H3. The van der Waals surface area contributed by atoms with E-state index in [1.54, 1.807) is 13.8 Å². The minimum atomic E-state index is -0.600. The average molecular weight is 296 g/mol. The fourth-order valence-corrected chi connectivity index (χ4v) is 1.94. The smallest absolute Gasteiger partial charge is 0.271 e. The normalized spacial score (nSPS) is 11.5. The van der Waals surface area contributed by atoms with Crippen LogP contribution >= 0.6 is 11.6 Å². The molecule has 6 nitrogen and oxygen atoms in total. The van der Waals surface area contributed by atoms with Gasteiger partial charge in [0.1, 0.15) is 0 Å². The van der Waals surface area contributed by atoms with Crippen molar-refractivity contribution in [3.8, 4) is 6.07 Å². The quantitative estimate of drug-likeness (QED) is 0.617. The Morgan fingerprint density at radius 1 is 1.55 bits per heavy atom. The molecule has 0 heterocycles. The molecule has 0 aliphatic rings. The Hall–Kier alpha value is -2.13. The fraction of sp³-hybridized carbons (Fsp3) is 0.385. The van der Waals surface area contributed by atoms with Gasteiger partial charge in [-0.3, -0.25) is 14.9 Å². The summed E-state index contributed by atoms with van der Waals surface area (Å²) in [6.07, 6.45) is 0. The first-order chi connectivity index (χ1) is 9.38. The number of nitro groups is 1. The molecular formula is C13H14ClN3O3. The van der Waals surface area contributed by atoms with Gasteiger partial charge in [0, 0.05) is 35.8 Å². The molecule has 7 heteroatoms. The SMILES string of the molecule is CCN(CC(C)C#N)C(=O)c1cc(Cl)cc([N+](=O)[O-])c1. The van der Waals surface area contributed by atoms with E-state index in [0.29, 0.717) is 6.54 Å². The second-order valence-corrected chi connectivity index (χ2v) is 4.77. The maximum absolute atomic E-state index is 12.3. The van der Waals surface area contributed by atoms with Crippen LogP contribution < -0.4 is 0 Å². The Balaban J connectivity index is 3.07. The third-order valence-electron chi connectivity index (χ3n) is 2.72. The van der Waals surface area contributed by atoms with Gasteiger partial charge in [0.2, 0.25) is 0 Å². The molecule has 0 N–H and O–H groups in total. The van der Waals surface area contributed by atoms with Gasteiger partial charge in [-0.15, -0.1) is 0 Å². The first kappa shape index (κ1) is 15.9. The van der Waals surface area contributed by atoms with Gasteiger partial charge in [-0.25, -0.2) is 0 Å². The molecule has 1 amide bonds. The number of carbonyl (C=O) groups is 1. The highest BCUT2D eigenvalue weighted by molar-refractivity contribution is 6.31. The summed E-state index contributed by atoms with van der Waals surface area (Å²) in [5.41, 5.74) is -0.0820. The van der Waals surface area contributed by atoms with E-state index in [1.807, 2.05) is 6.07 Å². The van der Waals surface area contributed by atoms with E-state index in [0.717, 1.165) is 0 Å². The second kappa shape index (κ2) is 6.87. The fourth-order valence-electron chi connectivity index (χ4n) is 1.71. The Bertz CT molecular complexity index is 568. The van der Waals surface area contributed by atoms with E-state index in [1.165, 1.54) is 23.1 Å². The molecule has 0 spiro atoms. The highest BCUT2D eigenvalue weighted by atomic mass is 35.5. The summed E-state index contributed by atoms with van der Waals surface area (Å²) >= 11 is 5.79. The van der Waals surface area contributed by atoms with Gasteiger partial charge in [0.15, 0.2) is 0 Å². The zero-order chi connectivity index (χ0) is 15.3. The summed E-state index contributed by atoms with van der Waals surface area (Å²) < 4.78 is 0. The Labute approximate surface area is 121 Å². The van der Waals surface area contributed by atoms with Crippen LogP contribution in [-0.4, -0.2) is 28.8 Å². The largest absolute Gasteiger partial charge is 0.338 e.